The number of amides is 1. The molecule has 0 aliphatic carbocycles. The number of benzene rings is 2. The maximum atomic E-state index is 13.5. The Morgan fingerprint density at radius 3 is 2.75 bits per heavy atom. The minimum atomic E-state index is -0.283. The van der Waals surface area contributed by atoms with E-state index in [1.54, 1.807) is 42.3 Å². The maximum absolute atomic E-state index is 13.5. The number of rotatable bonds is 5. The van der Waals surface area contributed by atoms with Crippen molar-refractivity contribution in [2.45, 2.75) is 25.4 Å². The Morgan fingerprint density at radius 2 is 1.91 bits per heavy atom. The van der Waals surface area contributed by atoms with Gasteiger partial charge in [0, 0.05) is 31.6 Å². The Labute approximate surface area is 184 Å². The quantitative estimate of drug-likeness (QED) is 0.485. The topological polar surface area (TPSA) is 90.2 Å². The summed E-state index contributed by atoms with van der Waals surface area (Å²) in [5.41, 5.74) is 2.50. The number of aromatic nitrogens is 4. The average Bonchev–Trinajstić information content (AvgIpc) is 3.32. The summed E-state index contributed by atoms with van der Waals surface area (Å²) in [6, 6.07) is 12.4. The standard InChI is InChI=1S/C24H23N5O3/c1-32-14-13-29-22(27-18-6-3-2-5-17(18)24(29)31)21-7-4-12-28(21)23(30)16-8-9-19-20(15-16)26-11-10-25-19/h2-3,5-6,8-11,15,21H,4,7,12-14H2,1H3. The minimum absolute atomic E-state index is 0.0965. The van der Waals surface area contributed by atoms with Crippen LogP contribution in [0.1, 0.15) is 35.1 Å². The summed E-state index contributed by atoms with van der Waals surface area (Å²) in [5, 5.41) is 0.566. The van der Waals surface area contributed by atoms with Crippen molar-refractivity contribution in [2.75, 3.05) is 20.3 Å². The van der Waals surface area contributed by atoms with Gasteiger partial charge in [0.15, 0.2) is 0 Å². The molecule has 1 aliphatic rings. The molecule has 1 saturated heterocycles. The van der Waals surface area contributed by atoms with Crippen LogP contribution in [0.15, 0.2) is 59.7 Å². The lowest BCUT2D eigenvalue weighted by molar-refractivity contribution is 0.0725. The molecule has 0 N–H and O–H groups in total. The lowest BCUT2D eigenvalue weighted by atomic mass is 10.1. The van der Waals surface area contributed by atoms with Crippen LogP contribution in [-0.4, -0.2) is 50.6 Å². The first-order valence-corrected chi connectivity index (χ1v) is 10.7. The molecule has 5 rings (SSSR count). The van der Waals surface area contributed by atoms with E-state index >= 15 is 0 Å². The zero-order chi connectivity index (χ0) is 22.1. The summed E-state index contributed by atoms with van der Waals surface area (Å²) in [6.45, 7) is 1.37. The van der Waals surface area contributed by atoms with Gasteiger partial charge in [-0.3, -0.25) is 24.1 Å². The van der Waals surface area contributed by atoms with Crippen LogP contribution >= 0.6 is 0 Å². The molecule has 8 nitrogen and oxygen atoms in total. The number of nitrogens with zero attached hydrogens (tertiary/aromatic N) is 5. The molecular weight excluding hydrogens is 406 g/mol. The van der Waals surface area contributed by atoms with E-state index < -0.39 is 0 Å². The van der Waals surface area contributed by atoms with Crippen LogP contribution in [-0.2, 0) is 11.3 Å². The lowest BCUT2D eigenvalue weighted by Gasteiger charge is -2.27. The van der Waals surface area contributed by atoms with E-state index in [-0.39, 0.29) is 17.5 Å². The largest absolute Gasteiger partial charge is 0.383 e. The molecule has 2 aromatic heterocycles. The SMILES string of the molecule is COCCn1c(C2CCCN2C(=O)c2ccc3nccnc3c2)nc2ccccc2c1=O. The molecule has 32 heavy (non-hydrogen) atoms. The van der Waals surface area contributed by atoms with Gasteiger partial charge in [-0.05, 0) is 43.2 Å². The van der Waals surface area contributed by atoms with Crippen molar-refractivity contribution >= 4 is 27.8 Å². The van der Waals surface area contributed by atoms with Crippen molar-refractivity contribution in [2.24, 2.45) is 0 Å². The highest BCUT2D eigenvalue weighted by Crippen LogP contribution is 2.32. The van der Waals surface area contributed by atoms with Gasteiger partial charge in [-0.1, -0.05) is 12.1 Å². The Kier molecular flexibility index (Phi) is 5.36. The third kappa shape index (κ3) is 3.52. The molecule has 0 radical (unpaired) electrons. The van der Waals surface area contributed by atoms with Crippen molar-refractivity contribution in [3.05, 3.63) is 76.6 Å². The van der Waals surface area contributed by atoms with Crippen LogP contribution < -0.4 is 5.56 Å². The molecule has 162 valence electrons. The first kappa shape index (κ1) is 20.3. The van der Waals surface area contributed by atoms with Crippen LogP contribution in [0.4, 0.5) is 0 Å². The van der Waals surface area contributed by atoms with Crippen LogP contribution in [0.2, 0.25) is 0 Å². The van der Waals surface area contributed by atoms with E-state index in [0.717, 1.165) is 18.4 Å². The predicted octanol–water partition coefficient (Wildman–Crippen LogP) is 2.96. The number of methoxy groups -OCH3 is 1. The van der Waals surface area contributed by atoms with Crippen molar-refractivity contribution in [3.8, 4) is 0 Å². The monoisotopic (exact) mass is 429 g/mol. The smallest absolute Gasteiger partial charge is 0.261 e. The van der Waals surface area contributed by atoms with Crippen LogP contribution in [0.25, 0.3) is 21.9 Å². The van der Waals surface area contributed by atoms with Gasteiger partial charge in [0.05, 0.1) is 41.1 Å². The van der Waals surface area contributed by atoms with Gasteiger partial charge in [-0.2, -0.15) is 0 Å². The molecule has 1 aliphatic heterocycles. The van der Waals surface area contributed by atoms with Gasteiger partial charge in [-0.15, -0.1) is 0 Å². The summed E-state index contributed by atoms with van der Waals surface area (Å²) < 4.78 is 6.89. The molecule has 4 aromatic rings. The minimum Gasteiger partial charge on any atom is -0.383 e. The fourth-order valence-electron chi connectivity index (χ4n) is 4.38. The molecule has 0 spiro atoms. The van der Waals surface area contributed by atoms with Crippen LogP contribution in [0.3, 0.4) is 0 Å². The Morgan fingerprint density at radius 1 is 1.09 bits per heavy atom. The predicted molar refractivity (Wildman–Crippen MR) is 120 cm³/mol. The molecule has 3 heterocycles. The third-order valence-corrected chi connectivity index (χ3v) is 5.94. The molecule has 2 aromatic carbocycles. The molecular formula is C24H23N5O3. The summed E-state index contributed by atoms with van der Waals surface area (Å²) in [4.78, 5) is 42.0. The second-order valence-corrected chi connectivity index (χ2v) is 7.85. The fourth-order valence-corrected chi connectivity index (χ4v) is 4.38. The second kappa shape index (κ2) is 8.47. The normalized spacial score (nSPS) is 16.2. The summed E-state index contributed by atoms with van der Waals surface area (Å²) >= 11 is 0. The highest BCUT2D eigenvalue weighted by molar-refractivity contribution is 5.97. The number of hydrogen-bond donors (Lipinski definition) is 0. The molecule has 1 atom stereocenters. The van der Waals surface area contributed by atoms with E-state index in [4.69, 9.17) is 9.72 Å². The van der Waals surface area contributed by atoms with Gasteiger partial charge in [0.1, 0.15) is 5.82 Å². The highest BCUT2D eigenvalue weighted by Gasteiger charge is 2.34. The Bertz CT molecular complexity index is 1370. The molecule has 1 fully saturated rings. The molecule has 0 bridgehead atoms. The summed E-state index contributed by atoms with van der Waals surface area (Å²) in [7, 11) is 1.60. The van der Waals surface area contributed by atoms with Gasteiger partial charge >= 0.3 is 0 Å². The van der Waals surface area contributed by atoms with Crippen molar-refractivity contribution < 1.29 is 9.53 Å². The summed E-state index contributed by atoms with van der Waals surface area (Å²) in [6.07, 6.45) is 4.83. The Hall–Kier alpha value is -3.65. The van der Waals surface area contributed by atoms with Gasteiger partial charge in [0.2, 0.25) is 0 Å². The highest BCUT2D eigenvalue weighted by atomic mass is 16.5. The van der Waals surface area contributed by atoms with Crippen molar-refractivity contribution in [3.63, 3.8) is 0 Å². The number of fused-ring (bicyclic) bond motifs is 2. The molecule has 1 unspecified atom stereocenters. The van der Waals surface area contributed by atoms with Gasteiger partial charge in [0.25, 0.3) is 11.5 Å². The fraction of sp³-hybridized carbons (Fsp3) is 0.292. The van der Waals surface area contributed by atoms with Gasteiger partial charge in [-0.25, -0.2) is 4.98 Å². The third-order valence-electron chi connectivity index (χ3n) is 5.94. The van der Waals surface area contributed by atoms with Gasteiger partial charge < -0.3 is 9.64 Å². The molecule has 8 heteroatoms. The zero-order valence-corrected chi connectivity index (χ0v) is 17.8. The Balaban J connectivity index is 1.57. The first-order valence-electron chi connectivity index (χ1n) is 10.7. The van der Waals surface area contributed by atoms with E-state index in [9.17, 15) is 9.59 Å². The van der Waals surface area contributed by atoms with E-state index in [0.29, 0.717) is 47.5 Å². The van der Waals surface area contributed by atoms with Crippen LogP contribution in [0, 0.1) is 0 Å². The number of hydrogen-bond acceptors (Lipinski definition) is 6. The average molecular weight is 429 g/mol. The first-order chi connectivity index (χ1) is 15.7. The number of carbonyl (C=O) groups excluding carboxylic acids is 1. The van der Waals surface area contributed by atoms with E-state index in [2.05, 4.69) is 9.97 Å². The number of carbonyl (C=O) groups is 1. The van der Waals surface area contributed by atoms with Crippen molar-refractivity contribution in [1.29, 1.82) is 0 Å². The molecule has 1 amide bonds. The zero-order valence-electron chi connectivity index (χ0n) is 17.8. The second-order valence-electron chi connectivity index (χ2n) is 7.85. The molecule has 0 saturated carbocycles. The number of likely N-dealkylation sites (tertiary alicyclic amines) is 1. The van der Waals surface area contributed by atoms with E-state index in [1.807, 2.05) is 29.2 Å². The van der Waals surface area contributed by atoms with Crippen LogP contribution in [0.5, 0.6) is 0 Å². The van der Waals surface area contributed by atoms with E-state index in [1.165, 1.54) is 0 Å². The number of para-hydroxylation sites is 1. The maximum Gasteiger partial charge on any atom is 0.261 e. The number of ether oxygens (including phenoxy) is 1. The van der Waals surface area contributed by atoms with Crippen molar-refractivity contribution in [1.82, 2.24) is 24.4 Å². The lowest BCUT2D eigenvalue weighted by Crippen LogP contribution is -2.36. The summed E-state index contributed by atoms with van der Waals surface area (Å²) in [5.74, 6) is 0.512.